The average Bonchev–Trinajstić information content (AvgIpc) is 2.27. The fourth-order valence-electron chi connectivity index (χ4n) is 1.25. The van der Waals surface area contributed by atoms with Crippen molar-refractivity contribution in [2.45, 2.75) is 11.8 Å². The van der Waals surface area contributed by atoms with Crippen molar-refractivity contribution >= 4 is 26.5 Å². The van der Waals surface area contributed by atoms with E-state index < -0.39 is 31.5 Å². The van der Waals surface area contributed by atoms with Crippen LogP contribution in [-0.2, 0) is 20.8 Å². The molecule has 1 aromatic rings. The van der Waals surface area contributed by atoms with E-state index in [1.807, 2.05) is 0 Å². The van der Waals surface area contributed by atoms with Crippen LogP contribution in [0.2, 0.25) is 0 Å². The minimum Gasteiger partial charge on any atom is -0.399 e. The molecule has 0 amide bonds. The molecule has 0 radical (unpaired) electrons. The lowest BCUT2D eigenvalue weighted by atomic mass is 10.3. The molecule has 0 saturated carbocycles. The normalized spacial score (nSPS) is 13.4. The van der Waals surface area contributed by atoms with E-state index in [1.54, 1.807) is 6.92 Å². The molecule has 0 spiro atoms. The van der Waals surface area contributed by atoms with Crippen molar-refractivity contribution in [3.8, 4) is 0 Å². The van der Waals surface area contributed by atoms with Crippen LogP contribution in [0.1, 0.15) is 6.92 Å². The third-order valence-electron chi connectivity index (χ3n) is 2.19. The lowest BCUT2D eigenvalue weighted by Gasteiger charge is -2.07. The maximum atomic E-state index is 13.4. The smallest absolute Gasteiger partial charge is 0.243 e. The molecule has 5 nitrogen and oxygen atoms in total. The van der Waals surface area contributed by atoms with E-state index in [0.717, 1.165) is 12.1 Å². The maximum Gasteiger partial charge on any atom is 0.243 e. The predicted molar refractivity (Wildman–Crippen MR) is 69.6 cm³/mol. The summed E-state index contributed by atoms with van der Waals surface area (Å²) in [6.07, 6.45) is 0. The van der Waals surface area contributed by atoms with Gasteiger partial charge in [-0.3, -0.25) is 4.21 Å². The molecule has 0 aliphatic heterocycles. The number of benzene rings is 1. The number of hydrogen-bond acceptors (Lipinski definition) is 4. The lowest BCUT2D eigenvalue weighted by Crippen LogP contribution is -2.28. The van der Waals surface area contributed by atoms with Crippen molar-refractivity contribution in [1.82, 2.24) is 4.72 Å². The predicted octanol–water partition coefficient (Wildman–Crippen LogP) is 0.455. The monoisotopic (exact) mass is 294 g/mol. The molecule has 0 aliphatic carbocycles. The number of rotatable bonds is 6. The van der Waals surface area contributed by atoms with Gasteiger partial charge >= 0.3 is 0 Å². The molecule has 18 heavy (non-hydrogen) atoms. The van der Waals surface area contributed by atoms with Gasteiger partial charge in [-0.05, 0) is 18.2 Å². The zero-order valence-corrected chi connectivity index (χ0v) is 11.5. The van der Waals surface area contributed by atoms with Crippen LogP contribution in [0.15, 0.2) is 23.1 Å². The number of hydrogen-bond donors (Lipinski definition) is 2. The molecule has 102 valence electrons. The van der Waals surface area contributed by atoms with Crippen molar-refractivity contribution in [2.75, 3.05) is 23.8 Å². The van der Waals surface area contributed by atoms with Crippen LogP contribution in [0, 0.1) is 5.82 Å². The Labute approximate surface area is 108 Å². The second kappa shape index (κ2) is 6.26. The molecule has 0 fully saturated rings. The summed E-state index contributed by atoms with van der Waals surface area (Å²) >= 11 is 0. The van der Waals surface area contributed by atoms with Crippen molar-refractivity contribution < 1.29 is 17.0 Å². The molecular weight excluding hydrogens is 279 g/mol. The maximum absolute atomic E-state index is 13.4. The van der Waals surface area contributed by atoms with Gasteiger partial charge in [0.2, 0.25) is 10.0 Å². The van der Waals surface area contributed by atoms with Crippen LogP contribution >= 0.6 is 0 Å². The van der Waals surface area contributed by atoms with E-state index in [1.165, 1.54) is 6.07 Å². The van der Waals surface area contributed by atoms with Crippen molar-refractivity contribution in [1.29, 1.82) is 0 Å². The van der Waals surface area contributed by atoms with E-state index in [-0.39, 0.29) is 18.0 Å². The van der Waals surface area contributed by atoms with E-state index in [0.29, 0.717) is 5.75 Å². The third-order valence-corrected chi connectivity index (χ3v) is 4.99. The van der Waals surface area contributed by atoms with Gasteiger partial charge in [-0.1, -0.05) is 6.92 Å². The van der Waals surface area contributed by atoms with Crippen LogP contribution in [0.25, 0.3) is 0 Å². The number of nitrogens with two attached hydrogens (primary N) is 1. The van der Waals surface area contributed by atoms with Crippen molar-refractivity contribution in [3.05, 3.63) is 24.0 Å². The van der Waals surface area contributed by atoms with E-state index in [9.17, 15) is 17.0 Å². The van der Waals surface area contributed by atoms with Crippen LogP contribution < -0.4 is 10.5 Å². The molecule has 0 aliphatic rings. The summed E-state index contributed by atoms with van der Waals surface area (Å²) < 4.78 is 50.3. The average molecular weight is 294 g/mol. The Morgan fingerprint density at radius 3 is 2.67 bits per heavy atom. The summed E-state index contributed by atoms with van der Waals surface area (Å²) in [5.41, 5.74) is 5.48. The van der Waals surface area contributed by atoms with Gasteiger partial charge in [-0.25, -0.2) is 17.5 Å². The highest BCUT2D eigenvalue weighted by Crippen LogP contribution is 2.16. The molecule has 1 rings (SSSR count). The Kier molecular flexibility index (Phi) is 5.24. The van der Waals surface area contributed by atoms with Crippen LogP contribution in [-0.4, -0.2) is 30.7 Å². The summed E-state index contributed by atoms with van der Waals surface area (Å²) in [5.74, 6) is -0.247. The number of sulfonamides is 1. The zero-order valence-electron chi connectivity index (χ0n) is 9.85. The van der Waals surface area contributed by atoms with E-state index >= 15 is 0 Å². The first-order valence-electron chi connectivity index (χ1n) is 5.26. The standard InChI is InChI=1S/C10H15FN2O3S2/c1-2-17(14)6-5-13-18(15,16)10-4-3-8(12)7-9(10)11/h3-4,7,13H,2,5-6,12H2,1H3. The Morgan fingerprint density at radius 1 is 1.44 bits per heavy atom. The van der Waals surface area contributed by atoms with Gasteiger partial charge in [0.05, 0.1) is 0 Å². The summed E-state index contributed by atoms with van der Waals surface area (Å²) in [4.78, 5) is -0.459. The van der Waals surface area contributed by atoms with Crippen LogP contribution in [0.4, 0.5) is 10.1 Å². The summed E-state index contributed by atoms with van der Waals surface area (Å²) in [7, 11) is -4.99. The quantitative estimate of drug-likeness (QED) is 0.746. The third kappa shape index (κ3) is 4.04. The molecule has 1 aromatic carbocycles. The highest BCUT2D eigenvalue weighted by atomic mass is 32.2. The summed E-state index contributed by atoms with van der Waals surface area (Å²) in [5, 5.41) is 0. The number of nitrogen functional groups attached to an aromatic ring is 1. The highest BCUT2D eigenvalue weighted by Gasteiger charge is 2.18. The van der Waals surface area contributed by atoms with Gasteiger partial charge < -0.3 is 5.73 Å². The van der Waals surface area contributed by atoms with Gasteiger partial charge in [0.1, 0.15) is 10.7 Å². The number of anilines is 1. The Balaban J connectivity index is 2.77. The van der Waals surface area contributed by atoms with Crippen LogP contribution in [0.3, 0.4) is 0 Å². The Hall–Kier alpha value is -0.990. The van der Waals surface area contributed by atoms with Gasteiger partial charge in [-0.15, -0.1) is 0 Å². The fourth-order valence-corrected chi connectivity index (χ4v) is 3.08. The molecule has 0 saturated heterocycles. The van der Waals surface area contributed by atoms with Gasteiger partial charge in [0, 0.05) is 34.5 Å². The zero-order chi connectivity index (χ0) is 13.8. The molecule has 0 aromatic heterocycles. The molecule has 1 unspecified atom stereocenters. The van der Waals surface area contributed by atoms with Crippen LogP contribution in [0.5, 0.6) is 0 Å². The Morgan fingerprint density at radius 2 is 2.11 bits per heavy atom. The first-order valence-corrected chi connectivity index (χ1v) is 8.23. The van der Waals surface area contributed by atoms with Crippen molar-refractivity contribution in [2.24, 2.45) is 0 Å². The second-order valence-electron chi connectivity index (χ2n) is 3.52. The minimum absolute atomic E-state index is 0.00655. The molecule has 8 heteroatoms. The molecule has 0 heterocycles. The summed E-state index contributed by atoms with van der Waals surface area (Å²) in [6, 6.07) is 3.35. The second-order valence-corrected chi connectivity index (χ2v) is 7.12. The largest absolute Gasteiger partial charge is 0.399 e. The van der Waals surface area contributed by atoms with E-state index in [2.05, 4.69) is 4.72 Å². The number of halogens is 1. The molecule has 3 N–H and O–H groups in total. The topological polar surface area (TPSA) is 89.3 Å². The Bertz CT molecular complexity index is 546. The van der Waals surface area contributed by atoms with Gasteiger partial charge in [-0.2, -0.15) is 0 Å². The molecular formula is C10H15FN2O3S2. The molecule has 0 bridgehead atoms. The van der Waals surface area contributed by atoms with Gasteiger partial charge in [0.15, 0.2) is 0 Å². The van der Waals surface area contributed by atoms with E-state index in [4.69, 9.17) is 5.73 Å². The van der Waals surface area contributed by atoms with Crippen molar-refractivity contribution in [3.63, 3.8) is 0 Å². The first-order chi connectivity index (χ1) is 8.36. The highest BCUT2D eigenvalue weighted by molar-refractivity contribution is 7.89. The lowest BCUT2D eigenvalue weighted by molar-refractivity contribution is 0.559. The fraction of sp³-hybridized carbons (Fsp3) is 0.400. The SMILES string of the molecule is CCS(=O)CCNS(=O)(=O)c1ccc(N)cc1F. The first kappa shape index (κ1) is 15.1. The summed E-state index contributed by atoms with van der Waals surface area (Å²) in [6.45, 7) is 1.75. The molecule has 1 atom stereocenters. The van der Waals surface area contributed by atoms with Gasteiger partial charge in [0.25, 0.3) is 0 Å². The number of nitrogens with one attached hydrogen (secondary N) is 1. The minimum atomic E-state index is -3.93.